The van der Waals surface area contributed by atoms with Crippen LogP contribution in [0.3, 0.4) is 0 Å². The van der Waals surface area contributed by atoms with E-state index in [1.165, 1.54) is 32.6 Å². The van der Waals surface area contributed by atoms with Gasteiger partial charge in [0.1, 0.15) is 34.0 Å². The Morgan fingerprint density at radius 3 is 0.922 bits per heavy atom. The topological polar surface area (TPSA) is 76.7 Å². The molecule has 0 saturated heterocycles. The molecule has 15 aromatic carbocycles. The summed E-state index contributed by atoms with van der Waals surface area (Å²) >= 11 is 0. The Morgan fingerprint density at radius 2 is 0.466 bits per heavy atom. The van der Waals surface area contributed by atoms with Crippen LogP contribution in [0.25, 0.3) is 215 Å². The molecule has 0 atom stereocenters. The summed E-state index contributed by atoms with van der Waals surface area (Å²) in [6.07, 6.45) is 0. The molecule has 8 aromatic heterocycles. The maximum atomic E-state index is 6.72. The smallest absolute Gasteiger partial charge is 0.238 e. The van der Waals surface area contributed by atoms with Crippen molar-refractivity contribution in [3.63, 3.8) is 0 Å². The molecule has 23 aromatic rings. The second-order valence-electron chi connectivity index (χ2n) is 27.2. The highest BCUT2D eigenvalue weighted by Gasteiger charge is 2.26. The number of furan rings is 2. The van der Waals surface area contributed by atoms with Crippen LogP contribution in [-0.4, -0.2) is 32.8 Å². The average molecular weight is 1310 g/mol. The largest absolute Gasteiger partial charge is 0.456 e. The van der Waals surface area contributed by atoms with E-state index < -0.39 is 0 Å². The van der Waals surface area contributed by atoms with Gasteiger partial charge in [-0.1, -0.05) is 182 Å². The van der Waals surface area contributed by atoms with E-state index in [4.69, 9.17) is 18.8 Å². The van der Waals surface area contributed by atoms with Gasteiger partial charge in [0, 0.05) is 98.9 Å². The van der Waals surface area contributed by atoms with Gasteiger partial charge in [-0.15, -0.1) is 0 Å². The molecule has 103 heavy (non-hydrogen) atoms. The van der Waals surface area contributed by atoms with Gasteiger partial charge >= 0.3 is 0 Å². The molecule has 478 valence electrons. The van der Waals surface area contributed by atoms with Crippen molar-refractivity contribution in [3.05, 3.63) is 334 Å². The van der Waals surface area contributed by atoms with Crippen LogP contribution in [0, 0.1) is 0 Å². The fourth-order valence-corrected chi connectivity index (χ4v) is 17.1. The Hall–Kier alpha value is -14.0. The minimum absolute atomic E-state index is 0.530. The Labute approximate surface area is 587 Å². The molecular weight excluding hydrogens is 1260 g/mol. The van der Waals surface area contributed by atoms with Crippen LogP contribution in [0.1, 0.15) is 0 Å². The maximum absolute atomic E-state index is 6.72. The van der Waals surface area contributed by atoms with Gasteiger partial charge < -0.3 is 18.0 Å². The van der Waals surface area contributed by atoms with Crippen molar-refractivity contribution in [3.8, 4) is 62.3 Å². The number of para-hydroxylation sites is 8. The van der Waals surface area contributed by atoms with E-state index in [2.05, 4.69) is 338 Å². The summed E-state index contributed by atoms with van der Waals surface area (Å²) < 4.78 is 24.8. The Balaban J connectivity index is 0.782. The monoisotopic (exact) mass is 1310 g/mol. The predicted octanol–water partition coefficient (Wildman–Crippen LogP) is 24.8. The molecule has 0 saturated carbocycles. The highest BCUT2D eigenvalue weighted by atomic mass is 16.3. The number of rotatable bonds is 8. The minimum Gasteiger partial charge on any atom is -0.456 e. The van der Waals surface area contributed by atoms with Crippen LogP contribution in [0.4, 0.5) is 0 Å². The quantitative estimate of drug-likeness (QED) is 0.152. The van der Waals surface area contributed by atoms with E-state index in [0.717, 1.165) is 165 Å². The van der Waals surface area contributed by atoms with Crippen molar-refractivity contribution < 1.29 is 8.83 Å². The number of hydrogen-bond donors (Lipinski definition) is 0. The van der Waals surface area contributed by atoms with Gasteiger partial charge in [-0.25, -0.2) is 0 Å². The molecule has 8 heterocycles. The van der Waals surface area contributed by atoms with E-state index in [9.17, 15) is 0 Å². The third-order valence-corrected chi connectivity index (χ3v) is 21.7. The lowest BCUT2D eigenvalue weighted by Gasteiger charge is -2.15. The van der Waals surface area contributed by atoms with Crippen LogP contribution in [0.5, 0.6) is 0 Å². The first kappa shape index (κ1) is 55.9. The lowest BCUT2D eigenvalue weighted by molar-refractivity contribution is 0.668. The van der Waals surface area contributed by atoms with Crippen LogP contribution < -0.4 is 0 Å². The molecule has 23 rings (SSSR count). The van der Waals surface area contributed by atoms with E-state index in [-0.39, 0.29) is 0 Å². The summed E-state index contributed by atoms with van der Waals surface area (Å²) in [5, 5.41) is 15.7. The molecule has 0 aliphatic carbocycles. The van der Waals surface area contributed by atoms with Crippen LogP contribution in [0.15, 0.2) is 342 Å². The van der Waals surface area contributed by atoms with E-state index in [1.807, 2.05) is 18.2 Å². The van der Waals surface area contributed by atoms with Crippen molar-refractivity contribution in [1.29, 1.82) is 0 Å². The zero-order valence-corrected chi connectivity index (χ0v) is 55.2. The second kappa shape index (κ2) is 21.3. The van der Waals surface area contributed by atoms with E-state index in [1.54, 1.807) is 0 Å². The third-order valence-electron chi connectivity index (χ3n) is 21.7. The van der Waals surface area contributed by atoms with Crippen LogP contribution >= 0.6 is 0 Å². The summed E-state index contributed by atoms with van der Waals surface area (Å²) in [4.78, 5) is 11.8. The van der Waals surface area contributed by atoms with Gasteiger partial charge in [0.15, 0.2) is 0 Å². The molecule has 0 aliphatic rings. The molecule has 0 spiro atoms. The highest BCUT2D eigenvalue weighted by Crippen LogP contribution is 2.45. The number of benzene rings is 15. The normalized spacial score (nSPS) is 12.3. The molecule has 0 unspecified atom stereocenters. The summed E-state index contributed by atoms with van der Waals surface area (Å²) in [6, 6.07) is 121. The molecule has 0 aliphatic heterocycles. The van der Waals surface area contributed by atoms with E-state index in [0.29, 0.717) is 17.6 Å². The Morgan fingerprint density at radius 1 is 0.175 bits per heavy atom. The molecular formula is C94H55N7O2. The molecule has 9 heteroatoms. The summed E-state index contributed by atoms with van der Waals surface area (Å²) in [6.45, 7) is 0. The summed E-state index contributed by atoms with van der Waals surface area (Å²) in [5.41, 5.74) is 23.0. The van der Waals surface area contributed by atoms with Gasteiger partial charge in [-0.05, 0) is 173 Å². The Bertz CT molecular complexity index is 7350. The van der Waals surface area contributed by atoms with Crippen molar-refractivity contribution in [2.75, 3.05) is 0 Å². The van der Waals surface area contributed by atoms with Gasteiger partial charge in [0.25, 0.3) is 0 Å². The Kier molecular flexibility index (Phi) is 11.5. The minimum atomic E-state index is 0.530. The number of nitrogens with zero attached hydrogens (tertiary/aromatic N) is 7. The van der Waals surface area contributed by atoms with Crippen molar-refractivity contribution in [1.82, 2.24) is 32.8 Å². The maximum Gasteiger partial charge on any atom is 0.238 e. The highest BCUT2D eigenvalue weighted by molar-refractivity contribution is 6.19. The van der Waals surface area contributed by atoms with Gasteiger partial charge in [-0.2, -0.15) is 9.97 Å². The molecule has 0 amide bonds. The van der Waals surface area contributed by atoms with Crippen LogP contribution in [-0.2, 0) is 0 Å². The number of hydrogen-bond acceptors (Lipinski definition) is 4. The fourth-order valence-electron chi connectivity index (χ4n) is 17.1. The number of fused-ring (bicyclic) bond motifs is 21. The number of aromatic nitrogens is 7. The first-order valence-electron chi connectivity index (χ1n) is 35.0. The molecule has 9 nitrogen and oxygen atoms in total. The second-order valence-corrected chi connectivity index (χ2v) is 27.2. The first-order chi connectivity index (χ1) is 51.0. The SMILES string of the molecule is c1ccc(-n2c3ccccc3c3cc(-c4ccc5c(c4)c4cc(-c6ccc7c(c6)c6ccccc6n7-c6ccccc6)ccc4n5-c4cc(-n5c6ccccc6c6cc7c(cc65)oc5ccccc57)nc(-n5c6ccccc6c6cc(-c7ccc8oc9ccccc9c8c7)ccc65)n4)ccc32)cc1. The zero-order chi connectivity index (χ0) is 67.1. The first-order valence-corrected chi connectivity index (χ1v) is 35.0. The lowest BCUT2D eigenvalue weighted by Crippen LogP contribution is -2.10. The molecule has 0 N–H and O–H groups in total. The predicted molar refractivity (Wildman–Crippen MR) is 425 cm³/mol. The fraction of sp³-hybridized carbons (Fsp3) is 0. The van der Waals surface area contributed by atoms with Gasteiger partial charge in [0.05, 0.1) is 55.2 Å². The van der Waals surface area contributed by atoms with Gasteiger partial charge in [-0.3, -0.25) is 13.7 Å². The van der Waals surface area contributed by atoms with Crippen molar-refractivity contribution in [2.24, 2.45) is 0 Å². The van der Waals surface area contributed by atoms with Gasteiger partial charge in [0.2, 0.25) is 5.95 Å². The van der Waals surface area contributed by atoms with Crippen molar-refractivity contribution >= 4 is 153 Å². The molecule has 0 radical (unpaired) electrons. The van der Waals surface area contributed by atoms with Crippen LogP contribution in [0.2, 0.25) is 0 Å². The lowest BCUT2D eigenvalue weighted by atomic mass is 9.98. The van der Waals surface area contributed by atoms with E-state index >= 15 is 0 Å². The molecule has 0 bridgehead atoms. The average Bonchev–Trinajstić information content (AvgIpc) is 1.56. The third kappa shape index (κ3) is 8.18. The zero-order valence-electron chi connectivity index (χ0n) is 55.2. The molecule has 0 fully saturated rings. The summed E-state index contributed by atoms with van der Waals surface area (Å²) in [5.74, 6) is 1.95. The summed E-state index contributed by atoms with van der Waals surface area (Å²) in [7, 11) is 0. The standard InChI is InChI=1S/C94H55N7O2/c1-3-19-62(20-4-1)97-78-29-13-7-23-64(78)70-47-56(35-41-82(70)97)59-37-43-84-73(50-59)74-51-60(57-36-42-83-71(48-57)65-24-8-14-30-79(65)98(83)63-21-5-2-6-22-63)38-44-85(74)99(84)92-55-93(100-80-31-15-9-26-67(80)75-53-77-69-28-12-18-34-89(69)103-91(77)54-87(75)100)96-94(95-92)101-81-32-16-10-25-66(81)72-49-58(39-45-86(72)101)61-40-46-90-76(52-61)68-27-11-17-33-88(68)102-90/h1-55H. The van der Waals surface area contributed by atoms with Crippen molar-refractivity contribution in [2.45, 2.75) is 0 Å².